The highest BCUT2D eigenvalue weighted by Gasteiger charge is 2.16. The monoisotopic (exact) mass is 462 g/mol. The molecule has 1 amide bonds. The maximum Gasteiger partial charge on any atom is 0.258 e. The van der Waals surface area contributed by atoms with E-state index >= 15 is 0 Å². The van der Waals surface area contributed by atoms with Gasteiger partial charge in [0.1, 0.15) is 5.01 Å². The second-order valence-electron chi connectivity index (χ2n) is 5.93. The lowest BCUT2D eigenvalue weighted by Crippen LogP contribution is -2.34. The van der Waals surface area contributed by atoms with Crippen molar-refractivity contribution in [3.63, 3.8) is 0 Å². The number of aryl methyl sites for hydroxylation is 1. The van der Waals surface area contributed by atoms with Gasteiger partial charge in [-0.1, -0.05) is 46.7 Å². The minimum absolute atomic E-state index is 0.132. The van der Waals surface area contributed by atoms with Crippen molar-refractivity contribution in [3.05, 3.63) is 63.9 Å². The van der Waals surface area contributed by atoms with E-state index in [0.29, 0.717) is 21.5 Å². The van der Waals surface area contributed by atoms with Gasteiger partial charge >= 0.3 is 0 Å². The van der Waals surface area contributed by atoms with E-state index < -0.39 is 5.91 Å². The Balaban J connectivity index is 1.55. The van der Waals surface area contributed by atoms with E-state index in [-0.39, 0.29) is 15.7 Å². The molecule has 146 valence electrons. The smallest absolute Gasteiger partial charge is 0.258 e. The molecule has 0 radical (unpaired) electrons. The number of nitrogens with one attached hydrogen (secondary N) is 2. The number of nitrogens with zero attached hydrogens (tertiary/aromatic N) is 4. The molecule has 11 heteroatoms. The van der Waals surface area contributed by atoms with Gasteiger partial charge < -0.3 is 5.32 Å². The predicted octanol–water partition coefficient (Wildman–Crippen LogP) is 4.59. The van der Waals surface area contributed by atoms with Gasteiger partial charge in [0.2, 0.25) is 4.96 Å². The van der Waals surface area contributed by atoms with Crippen LogP contribution in [0.3, 0.4) is 0 Å². The molecule has 0 aliphatic carbocycles. The summed E-state index contributed by atoms with van der Waals surface area (Å²) in [7, 11) is 0. The van der Waals surface area contributed by atoms with Crippen LogP contribution in [0.15, 0.2) is 42.5 Å². The fourth-order valence-electron chi connectivity index (χ4n) is 2.60. The summed E-state index contributed by atoms with van der Waals surface area (Å²) in [5.41, 5.74) is 1.80. The summed E-state index contributed by atoms with van der Waals surface area (Å²) in [6.07, 6.45) is 0. The third kappa shape index (κ3) is 4.08. The molecule has 0 aliphatic rings. The SMILES string of the molecule is Cc1nnc2sc(-c3ccccc3NC(=S)NC(=O)c3ccc(Cl)cc3Cl)nn12. The normalized spacial score (nSPS) is 10.9. The molecule has 7 nitrogen and oxygen atoms in total. The molecular weight excluding hydrogens is 451 g/mol. The number of carbonyl (C=O) groups excluding carboxylic acids is 1. The minimum Gasteiger partial charge on any atom is -0.332 e. The molecule has 0 bridgehead atoms. The zero-order chi connectivity index (χ0) is 20.5. The molecule has 29 heavy (non-hydrogen) atoms. The Bertz CT molecular complexity index is 1250. The second kappa shape index (κ2) is 8.03. The van der Waals surface area contributed by atoms with E-state index in [0.717, 1.165) is 10.6 Å². The Kier molecular flexibility index (Phi) is 5.46. The Morgan fingerprint density at radius 3 is 2.72 bits per heavy atom. The van der Waals surface area contributed by atoms with Crippen LogP contribution in [0.5, 0.6) is 0 Å². The maximum absolute atomic E-state index is 12.5. The Morgan fingerprint density at radius 2 is 1.97 bits per heavy atom. The van der Waals surface area contributed by atoms with Crippen molar-refractivity contribution in [1.82, 2.24) is 25.1 Å². The van der Waals surface area contributed by atoms with E-state index in [1.54, 1.807) is 10.6 Å². The van der Waals surface area contributed by atoms with Crippen molar-refractivity contribution in [3.8, 4) is 10.6 Å². The van der Waals surface area contributed by atoms with Crippen LogP contribution in [0.2, 0.25) is 10.0 Å². The molecule has 2 aromatic heterocycles. The van der Waals surface area contributed by atoms with Crippen LogP contribution in [0.1, 0.15) is 16.2 Å². The largest absolute Gasteiger partial charge is 0.332 e. The number of hydrogen-bond acceptors (Lipinski definition) is 6. The van der Waals surface area contributed by atoms with Gasteiger partial charge in [0, 0.05) is 10.6 Å². The van der Waals surface area contributed by atoms with Crippen LogP contribution in [0, 0.1) is 6.92 Å². The van der Waals surface area contributed by atoms with Crippen molar-refractivity contribution < 1.29 is 4.79 Å². The predicted molar refractivity (Wildman–Crippen MR) is 119 cm³/mol. The van der Waals surface area contributed by atoms with Gasteiger partial charge in [-0.15, -0.1) is 10.2 Å². The Morgan fingerprint density at radius 1 is 1.17 bits per heavy atom. The standard InChI is InChI=1S/C18H12Cl2N6OS2/c1-9-23-24-18-26(9)25-16(29-18)12-4-2-3-5-14(12)21-17(28)22-15(27)11-7-6-10(19)8-13(11)20/h2-8H,1H3,(H2,21,22,27,28). The van der Waals surface area contributed by atoms with Crippen LogP contribution in [0.4, 0.5) is 5.69 Å². The number of halogens is 2. The number of fused-ring (bicyclic) bond motifs is 1. The van der Waals surface area contributed by atoms with Gasteiger partial charge in [-0.25, -0.2) is 0 Å². The lowest BCUT2D eigenvalue weighted by Gasteiger charge is -2.12. The van der Waals surface area contributed by atoms with Crippen molar-refractivity contribution in [1.29, 1.82) is 0 Å². The Hall–Kier alpha value is -2.59. The fraction of sp³-hybridized carbons (Fsp3) is 0.0556. The summed E-state index contributed by atoms with van der Waals surface area (Å²) < 4.78 is 1.68. The van der Waals surface area contributed by atoms with E-state index in [1.807, 2.05) is 31.2 Å². The molecular formula is C18H12Cl2N6OS2. The molecule has 0 atom stereocenters. The first-order valence-electron chi connectivity index (χ1n) is 8.28. The lowest BCUT2D eigenvalue weighted by molar-refractivity contribution is 0.0978. The summed E-state index contributed by atoms with van der Waals surface area (Å²) in [5, 5.41) is 19.9. The van der Waals surface area contributed by atoms with Gasteiger partial charge in [-0.05, 0) is 49.5 Å². The minimum atomic E-state index is -0.434. The highest BCUT2D eigenvalue weighted by atomic mass is 35.5. The first-order valence-corrected chi connectivity index (χ1v) is 10.3. The number of aromatic nitrogens is 4. The van der Waals surface area contributed by atoms with Crippen LogP contribution in [0.25, 0.3) is 15.5 Å². The number of benzene rings is 2. The summed E-state index contributed by atoms with van der Waals surface area (Å²) in [6.45, 7) is 1.83. The number of para-hydroxylation sites is 1. The fourth-order valence-corrected chi connectivity index (χ4v) is 4.22. The lowest BCUT2D eigenvalue weighted by atomic mass is 10.2. The topological polar surface area (TPSA) is 84.2 Å². The van der Waals surface area contributed by atoms with E-state index in [2.05, 4.69) is 25.9 Å². The Labute approximate surface area is 184 Å². The summed E-state index contributed by atoms with van der Waals surface area (Å²) in [6, 6.07) is 12.1. The number of amides is 1. The number of rotatable bonds is 3. The van der Waals surface area contributed by atoms with Crippen molar-refractivity contribution in [2.24, 2.45) is 0 Å². The van der Waals surface area contributed by atoms with Crippen LogP contribution in [-0.2, 0) is 0 Å². The van der Waals surface area contributed by atoms with E-state index in [4.69, 9.17) is 35.4 Å². The average Bonchev–Trinajstić information content (AvgIpc) is 3.24. The molecule has 0 saturated heterocycles. The molecule has 4 aromatic rings. The van der Waals surface area contributed by atoms with Gasteiger partial charge in [-0.3, -0.25) is 10.1 Å². The van der Waals surface area contributed by atoms with Crippen molar-refractivity contribution in [2.75, 3.05) is 5.32 Å². The molecule has 0 saturated carbocycles. The molecule has 0 spiro atoms. The maximum atomic E-state index is 12.5. The molecule has 2 heterocycles. The van der Waals surface area contributed by atoms with Gasteiger partial charge in [0.05, 0.1) is 16.3 Å². The van der Waals surface area contributed by atoms with Gasteiger partial charge in [0.25, 0.3) is 5.91 Å². The summed E-state index contributed by atoms with van der Waals surface area (Å²) in [4.78, 5) is 13.2. The molecule has 2 aromatic carbocycles. The molecule has 0 aliphatic heterocycles. The summed E-state index contributed by atoms with van der Waals surface area (Å²) >= 11 is 18.7. The second-order valence-corrected chi connectivity index (χ2v) is 8.13. The first-order chi connectivity index (χ1) is 13.9. The molecule has 4 rings (SSSR count). The van der Waals surface area contributed by atoms with E-state index in [1.165, 1.54) is 23.5 Å². The molecule has 2 N–H and O–H groups in total. The highest BCUT2D eigenvalue weighted by molar-refractivity contribution is 7.80. The zero-order valence-corrected chi connectivity index (χ0v) is 18.0. The number of carbonyl (C=O) groups is 1. The molecule has 0 fully saturated rings. The zero-order valence-electron chi connectivity index (χ0n) is 14.8. The summed E-state index contributed by atoms with van der Waals surface area (Å²) in [5.74, 6) is 0.270. The van der Waals surface area contributed by atoms with Crippen LogP contribution < -0.4 is 10.6 Å². The number of hydrogen-bond donors (Lipinski definition) is 2. The van der Waals surface area contributed by atoms with Crippen molar-refractivity contribution >= 4 is 68.4 Å². The van der Waals surface area contributed by atoms with E-state index in [9.17, 15) is 4.79 Å². The van der Waals surface area contributed by atoms with Crippen molar-refractivity contribution in [2.45, 2.75) is 6.92 Å². The first kappa shape index (κ1) is 19.7. The highest BCUT2D eigenvalue weighted by Crippen LogP contribution is 2.31. The quantitative estimate of drug-likeness (QED) is 0.433. The average molecular weight is 463 g/mol. The third-order valence-electron chi connectivity index (χ3n) is 3.96. The van der Waals surface area contributed by atoms with Crippen LogP contribution >= 0.6 is 46.8 Å². The molecule has 0 unspecified atom stereocenters. The number of anilines is 1. The van der Waals surface area contributed by atoms with Gasteiger partial charge in [-0.2, -0.15) is 9.61 Å². The van der Waals surface area contributed by atoms with Crippen LogP contribution in [-0.4, -0.2) is 30.8 Å². The van der Waals surface area contributed by atoms with Gasteiger partial charge in [0.15, 0.2) is 10.9 Å². The number of thiocarbonyl (C=S) groups is 1. The third-order valence-corrected chi connectivity index (χ3v) is 5.64.